The van der Waals surface area contributed by atoms with E-state index in [-0.39, 0.29) is 12.5 Å². The van der Waals surface area contributed by atoms with Gasteiger partial charge in [-0.05, 0) is 48.7 Å². The van der Waals surface area contributed by atoms with E-state index in [4.69, 9.17) is 9.72 Å². The lowest BCUT2D eigenvalue weighted by Crippen LogP contribution is -2.20. The fourth-order valence-electron chi connectivity index (χ4n) is 3.54. The van der Waals surface area contributed by atoms with Crippen molar-refractivity contribution in [3.8, 4) is 5.75 Å². The SMILES string of the molecule is Cc1ccccc1OCC(=O)Nc1ccc2c(c1)nc(Cn1cccn1)n2CC(C)C. The number of fused-ring (bicyclic) bond motifs is 1. The van der Waals surface area contributed by atoms with E-state index in [2.05, 4.69) is 28.8 Å². The number of amides is 1. The van der Waals surface area contributed by atoms with Crippen molar-refractivity contribution < 1.29 is 9.53 Å². The minimum atomic E-state index is -0.207. The lowest BCUT2D eigenvalue weighted by molar-refractivity contribution is -0.118. The molecule has 2 aromatic carbocycles. The zero-order valence-electron chi connectivity index (χ0n) is 18.1. The Kier molecular flexibility index (Phi) is 6.02. The molecule has 1 N–H and O–H groups in total. The van der Waals surface area contributed by atoms with E-state index in [1.54, 1.807) is 6.20 Å². The predicted molar refractivity (Wildman–Crippen MR) is 121 cm³/mol. The van der Waals surface area contributed by atoms with Crippen LogP contribution in [0.1, 0.15) is 25.2 Å². The summed E-state index contributed by atoms with van der Waals surface area (Å²) in [5.41, 5.74) is 3.59. The highest BCUT2D eigenvalue weighted by Gasteiger charge is 2.14. The number of para-hydroxylation sites is 1. The molecule has 1 amide bonds. The van der Waals surface area contributed by atoms with E-state index < -0.39 is 0 Å². The van der Waals surface area contributed by atoms with E-state index in [1.165, 1.54) is 0 Å². The van der Waals surface area contributed by atoms with Gasteiger partial charge in [0.05, 0.1) is 17.6 Å². The molecule has 0 aliphatic carbocycles. The number of hydrogen-bond donors (Lipinski definition) is 1. The minimum Gasteiger partial charge on any atom is -0.483 e. The molecule has 0 unspecified atom stereocenters. The summed E-state index contributed by atoms with van der Waals surface area (Å²) in [6.45, 7) is 7.74. The Morgan fingerprint density at radius 2 is 2.00 bits per heavy atom. The summed E-state index contributed by atoms with van der Waals surface area (Å²) >= 11 is 0. The second-order valence-corrected chi connectivity index (χ2v) is 8.04. The van der Waals surface area contributed by atoms with Crippen LogP contribution >= 0.6 is 0 Å². The maximum atomic E-state index is 12.4. The topological polar surface area (TPSA) is 74.0 Å². The molecule has 0 aliphatic heterocycles. The average molecular weight is 418 g/mol. The first-order valence-corrected chi connectivity index (χ1v) is 10.4. The first-order valence-electron chi connectivity index (χ1n) is 10.4. The van der Waals surface area contributed by atoms with Crippen molar-refractivity contribution >= 4 is 22.6 Å². The quantitative estimate of drug-likeness (QED) is 0.465. The molecule has 0 saturated carbocycles. The number of carbonyl (C=O) groups excluding carboxylic acids is 1. The zero-order valence-corrected chi connectivity index (χ0v) is 18.1. The molecule has 4 rings (SSSR count). The number of benzene rings is 2. The Bertz CT molecular complexity index is 1180. The van der Waals surface area contributed by atoms with Crippen LogP contribution in [0.15, 0.2) is 60.9 Å². The van der Waals surface area contributed by atoms with E-state index in [0.29, 0.717) is 23.9 Å². The van der Waals surface area contributed by atoms with Crippen molar-refractivity contribution in [1.82, 2.24) is 19.3 Å². The summed E-state index contributed by atoms with van der Waals surface area (Å²) in [6, 6.07) is 15.4. The highest BCUT2D eigenvalue weighted by Crippen LogP contribution is 2.23. The third-order valence-electron chi connectivity index (χ3n) is 4.97. The average Bonchev–Trinajstić information content (AvgIpc) is 3.35. The van der Waals surface area contributed by atoms with Crippen LogP contribution in [0.5, 0.6) is 5.75 Å². The van der Waals surface area contributed by atoms with Crippen LogP contribution in [0.2, 0.25) is 0 Å². The molecule has 160 valence electrons. The summed E-state index contributed by atoms with van der Waals surface area (Å²) in [6.07, 6.45) is 3.70. The summed E-state index contributed by atoms with van der Waals surface area (Å²) < 4.78 is 9.74. The first-order chi connectivity index (χ1) is 15.0. The van der Waals surface area contributed by atoms with Gasteiger partial charge in [-0.2, -0.15) is 5.10 Å². The molecular formula is C24H27N5O2. The zero-order chi connectivity index (χ0) is 21.8. The van der Waals surface area contributed by atoms with Gasteiger partial charge in [0.15, 0.2) is 6.61 Å². The molecule has 0 fully saturated rings. The number of ether oxygens (including phenoxy) is 1. The molecule has 0 aliphatic rings. The number of aryl methyl sites for hydroxylation is 1. The molecule has 4 aromatic rings. The number of nitrogens with one attached hydrogen (secondary N) is 1. The summed E-state index contributed by atoms with van der Waals surface area (Å²) in [5.74, 6) is 1.93. The van der Waals surface area contributed by atoms with Crippen LogP contribution in [0, 0.1) is 12.8 Å². The molecule has 0 bridgehead atoms. The lowest BCUT2D eigenvalue weighted by atomic mass is 10.2. The van der Waals surface area contributed by atoms with E-state index >= 15 is 0 Å². The smallest absolute Gasteiger partial charge is 0.262 e. The van der Waals surface area contributed by atoms with Crippen LogP contribution in [0.3, 0.4) is 0 Å². The van der Waals surface area contributed by atoms with Gasteiger partial charge in [-0.15, -0.1) is 0 Å². The van der Waals surface area contributed by atoms with Gasteiger partial charge in [-0.25, -0.2) is 4.98 Å². The third-order valence-corrected chi connectivity index (χ3v) is 4.97. The summed E-state index contributed by atoms with van der Waals surface area (Å²) in [4.78, 5) is 17.2. The van der Waals surface area contributed by atoms with Crippen molar-refractivity contribution in [2.75, 3.05) is 11.9 Å². The van der Waals surface area contributed by atoms with Gasteiger partial charge in [0.25, 0.3) is 5.91 Å². The Hall–Kier alpha value is -3.61. The maximum absolute atomic E-state index is 12.4. The molecule has 0 saturated heterocycles. The van der Waals surface area contributed by atoms with Gasteiger partial charge in [0.2, 0.25) is 0 Å². The highest BCUT2D eigenvalue weighted by atomic mass is 16.5. The number of anilines is 1. The number of aromatic nitrogens is 4. The number of hydrogen-bond acceptors (Lipinski definition) is 4. The lowest BCUT2D eigenvalue weighted by Gasteiger charge is -2.12. The molecular weight excluding hydrogens is 390 g/mol. The van der Waals surface area contributed by atoms with E-state index in [9.17, 15) is 4.79 Å². The van der Waals surface area contributed by atoms with E-state index in [1.807, 2.05) is 66.3 Å². The number of carbonyl (C=O) groups is 1. The van der Waals surface area contributed by atoms with E-state index in [0.717, 1.165) is 29.0 Å². The molecule has 0 spiro atoms. The Morgan fingerprint density at radius 3 is 2.74 bits per heavy atom. The standard InChI is InChI=1S/C24H27N5O2/c1-17(2)14-29-21-10-9-19(13-20(21)27-23(29)15-28-12-6-11-25-28)26-24(30)16-31-22-8-5-4-7-18(22)3/h4-13,17H,14-16H2,1-3H3,(H,26,30). The summed E-state index contributed by atoms with van der Waals surface area (Å²) in [7, 11) is 0. The molecule has 7 heteroatoms. The van der Waals surface area contributed by atoms with Crippen LogP contribution < -0.4 is 10.1 Å². The first kappa shape index (κ1) is 20.7. The third kappa shape index (κ3) is 4.94. The van der Waals surface area contributed by atoms with Gasteiger partial charge >= 0.3 is 0 Å². The van der Waals surface area contributed by atoms with Gasteiger partial charge in [0, 0.05) is 24.6 Å². The van der Waals surface area contributed by atoms with Crippen LogP contribution in [0.25, 0.3) is 11.0 Å². The van der Waals surface area contributed by atoms with Crippen LogP contribution in [-0.2, 0) is 17.9 Å². The number of rotatable bonds is 8. The second-order valence-electron chi connectivity index (χ2n) is 8.04. The maximum Gasteiger partial charge on any atom is 0.262 e. The minimum absolute atomic E-state index is 0.0464. The molecule has 0 radical (unpaired) electrons. The predicted octanol–water partition coefficient (Wildman–Crippen LogP) is 4.26. The van der Waals surface area contributed by atoms with Crippen molar-refractivity contribution in [2.24, 2.45) is 5.92 Å². The van der Waals surface area contributed by atoms with Crippen molar-refractivity contribution in [3.05, 3.63) is 72.3 Å². The van der Waals surface area contributed by atoms with Crippen LogP contribution in [-0.4, -0.2) is 31.8 Å². The molecule has 31 heavy (non-hydrogen) atoms. The normalized spacial score (nSPS) is 11.2. The fraction of sp³-hybridized carbons (Fsp3) is 0.292. The van der Waals surface area contributed by atoms with Crippen molar-refractivity contribution in [2.45, 2.75) is 33.9 Å². The number of nitrogens with zero attached hydrogens (tertiary/aromatic N) is 4. The van der Waals surface area contributed by atoms with Gasteiger partial charge in [-0.1, -0.05) is 32.0 Å². The fourth-order valence-corrected chi connectivity index (χ4v) is 3.54. The molecule has 7 nitrogen and oxygen atoms in total. The number of imidazole rings is 1. The molecule has 2 heterocycles. The Morgan fingerprint density at radius 1 is 1.16 bits per heavy atom. The van der Waals surface area contributed by atoms with Gasteiger partial charge in [-0.3, -0.25) is 9.48 Å². The highest BCUT2D eigenvalue weighted by molar-refractivity contribution is 5.94. The van der Waals surface area contributed by atoms with Crippen molar-refractivity contribution in [3.63, 3.8) is 0 Å². The summed E-state index contributed by atoms with van der Waals surface area (Å²) in [5, 5.41) is 7.21. The van der Waals surface area contributed by atoms with Gasteiger partial charge < -0.3 is 14.6 Å². The largest absolute Gasteiger partial charge is 0.483 e. The Balaban J connectivity index is 1.51. The van der Waals surface area contributed by atoms with Gasteiger partial charge in [0.1, 0.15) is 11.6 Å². The molecule has 0 atom stereocenters. The molecule has 2 aromatic heterocycles. The Labute approximate surface area is 181 Å². The van der Waals surface area contributed by atoms with Crippen molar-refractivity contribution in [1.29, 1.82) is 0 Å². The second kappa shape index (κ2) is 9.04. The monoisotopic (exact) mass is 417 g/mol. The van der Waals surface area contributed by atoms with Crippen LogP contribution in [0.4, 0.5) is 5.69 Å².